The Morgan fingerprint density at radius 2 is 1.92 bits per heavy atom. The molecule has 0 amide bonds. The summed E-state index contributed by atoms with van der Waals surface area (Å²) in [6.07, 6.45) is 0.712. The number of hydrogen-bond donors (Lipinski definition) is 0. The van der Waals surface area contributed by atoms with Crippen LogP contribution in [0.1, 0.15) is 24.8 Å². The van der Waals surface area contributed by atoms with E-state index in [-0.39, 0.29) is 11.2 Å². The smallest absolute Gasteiger partial charge is 0.229 e. The van der Waals surface area contributed by atoms with E-state index in [1.54, 1.807) is 12.1 Å². The third-order valence-corrected chi connectivity index (χ3v) is 2.47. The number of halogens is 2. The summed E-state index contributed by atoms with van der Waals surface area (Å²) >= 11 is 11.2. The van der Waals surface area contributed by atoms with Gasteiger partial charge < -0.3 is 0 Å². The fourth-order valence-electron chi connectivity index (χ4n) is 1.22. The van der Waals surface area contributed by atoms with Crippen LogP contribution in [-0.4, -0.2) is 5.24 Å². The molecule has 0 aliphatic heterocycles. The predicted molar refractivity (Wildman–Crippen MR) is 55.3 cm³/mol. The van der Waals surface area contributed by atoms with Crippen molar-refractivity contribution in [1.82, 2.24) is 0 Å². The van der Waals surface area contributed by atoms with Gasteiger partial charge in [-0.15, -0.1) is 0 Å². The average Bonchev–Trinajstić information content (AvgIpc) is 2.09. The first-order valence-corrected chi connectivity index (χ1v) is 4.85. The molecule has 1 atom stereocenters. The molecule has 0 bridgehead atoms. The first kappa shape index (κ1) is 10.6. The number of benzene rings is 1. The van der Waals surface area contributed by atoms with Gasteiger partial charge in [0.15, 0.2) is 0 Å². The summed E-state index contributed by atoms with van der Waals surface area (Å²) in [6, 6.07) is 7.19. The number of hydrogen-bond acceptors (Lipinski definition) is 1. The Morgan fingerprint density at radius 1 is 1.38 bits per heavy atom. The van der Waals surface area contributed by atoms with Gasteiger partial charge in [-0.25, -0.2) is 0 Å². The van der Waals surface area contributed by atoms with Crippen molar-refractivity contribution < 1.29 is 4.79 Å². The predicted octanol–water partition coefficient (Wildman–Crippen LogP) is 3.60. The SMILES string of the molecule is CCC(C(=O)Cl)c1ccc(Cl)cc1. The molecule has 1 aromatic rings. The summed E-state index contributed by atoms with van der Waals surface area (Å²) in [4.78, 5) is 11.0. The van der Waals surface area contributed by atoms with Crippen molar-refractivity contribution in [1.29, 1.82) is 0 Å². The van der Waals surface area contributed by atoms with Gasteiger partial charge in [-0.05, 0) is 35.7 Å². The maximum Gasteiger partial charge on any atom is 0.229 e. The minimum atomic E-state index is -0.315. The van der Waals surface area contributed by atoms with E-state index in [0.717, 1.165) is 5.56 Å². The topological polar surface area (TPSA) is 17.1 Å². The van der Waals surface area contributed by atoms with Crippen LogP contribution in [0.3, 0.4) is 0 Å². The van der Waals surface area contributed by atoms with Crippen molar-refractivity contribution in [2.24, 2.45) is 0 Å². The van der Waals surface area contributed by atoms with E-state index in [1.807, 2.05) is 19.1 Å². The Kier molecular flexibility index (Phi) is 3.76. The van der Waals surface area contributed by atoms with Crippen LogP contribution in [0.15, 0.2) is 24.3 Å². The highest BCUT2D eigenvalue weighted by atomic mass is 35.5. The Bertz CT molecular complexity index is 292. The van der Waals surface area contributed by atoms with Crippen LogP contribution >= 0.6 is 23.2 Å². The highest BCUT2D eigenvalue weighted by molar-refractivity contribution is 6.64. The Labute approximate surface area is 87.7 Å². The molecule has 0 saturated carbocycles. The zero-order valence-electron chi connectivity index (χ0n) is 7.26. The molecule has 0 saturated heterocycles. The lowest BCUT2D eigenvalue weighted by Crippen LogP contribution is -2.04. The molecule has 1 nitrogen and oxygen atoms in total. The molecular formula is C10H10Cl2O. The normalized spacial score (nSPS) is 12.5. The standard InChI is InChI=1S/C10H10Cl2O/c1-2-9(10(12)13)7-3-5-8(11)6-4-7/h3-6,9H,2H2,1H3. The second kappa shape index (κ2) is 4.64. The van der Waals surface area contributed by atoms with Crippen LogP contribution in [-0.2, 0) is 4.79 Å². The lowest BCUT2D eigenvalue weighted by molar-refractivity contribution is -0.113. The molecule has 3 heteroatoms. The van der Waals surface area contributed by atoms with E-state index in [2.05, 4.69) is 0 Å². The number of carbonyl (C=O) groups is 1. The fourth-order valence-corrected chi connectivity index (χ4v) is 1.63. The van der Waals surface area contributed by atoms with E-state index in [0.29, 0.717) is 11.4 Å². The molecule has 70 valence electrons. The molecule has 0 N–H and O–H groups in total. The summed E-state index contributed by atoms with van der Waals surface area (Å²) in [5.74, 6) is -0.209. The van der Waals surface area contributed by atoms with Crippen molar-refractivity contribution in [3.8, 4) is 0 Å². The molecule has 0 aliphatic carbocycles. The van der Waals surface area contributed by atoms with E-state index < -0.39 is 0 Å². The van der Waals surface area contributed by atoms with Crippen LogP contribution < -0.4 is 0 Å². The Morgan fingerprint density at radius 3 is 2.31 bits per heavy atom. The van der Waals surface area contributed by atoms with Gasteiger partial charge in [0.2, 0.25) is 5.24 Å². The van der Waals surface area contributed by atoms with Gasteiger partial charge in [-0.3, -0.25) is 4.79 Å². The molecule has 1 rings (SSSR count). The monoisotopic (exact) mass is 216 g/mol. The third kappa shape index (κ3) is 2.71. The third-order valence-electron chi connectivity index (χ3n) is 1.95. The van der Waals surface area contributed by atoms with Crippen LogP contribution in [0, 0.1) is 0 Å². The Balaban J connectivity index is 2.92. The molecule has 0 radical (unpaired) electrons. The highest BCUT2D eigenvalue weighted by Gasteiger charge is 2.15. The molecule has 1 unspecified atom stereocenters. The van der Waals surface area contributed by atoms with Crippen molar-refractivity contribution >= 4 is 28.4 Å². The summed E-state index contributed by atoms with van der Waals surface area (Å²) in [5.41, 5.74) is 0.923. The lowest BCUT2D eigenvalue weighted by Gasteiger charge is -2.09. The minimum absolute atomic E-state index is 0.209. The van der Waals surface area contributed by atoms with E-state index >= 15 is 0 Å². The number of carbonyl (C=O) groups excluding carboxylic acids is 1. The molecule has 0 aliphatic rings. The fraction of sp³-hybridized carbons (Fsp3) is 0.300. The van der Waals surface area contributed by atoms with Gasteiger partial charge in [0, 0.05) is 5.02 Å². The Hall–Kier alpha value is -0.530. The molecule has 0 spiro atoms. The molecule has 0 aromatic heterocycles. The van der Waals surface area contributed by atoms with Crippen molar-refractivity contribution in [2.45, 2.75) is 19.3 Å². The second-order valence-corrected chi connectivity index (χ2v) is 3.63. The zero-order chi connectivity index (χ0) is 9.84. The summed E-state index contributed by atoms with van der Waals surface area (Å²) in [6.45, 7) is 1.93. The van der Waals surface area contributed by atoms with Gasteiger partial charge in [0.1, 0.15) is 0 Å². The largest absolute Gasteiger partial charge is 0.281 e. The first-order chi connectivity index (χ1) is 6.15. The van der Waals surface area contributed by atoms with Gasteiger partial charge in [-0.2, -0.15) is 0 Å². The molecule has 0 heterocycles. The average molecular weight is 217 g/mol. The van der Waals surface area contributed by atoms with E-state index in [1.165, 1.54) is 0 Å². The highest BCUT2D eigenvalue weighted by Crippen LogP contribution is 2.23. The summed E-state index contributed by atoms with van der Waals surface area (Å²) in [5, 5.41) is 0.352. The van der Waals surface area contributed by atoms with Gasteiger partial charge in [0.25, 0.3) is 0 Å². The molecule has 1 aromatic carbocycles. The quantitative estimate of drug-likeness (QED) is 0.707. The zero-order valence-corrected chi connectivity index (χ0v) is 8.77. The summed E-state index contributed by atoms with van der Waals surface area (Å²) in [7, 11) is 0. The van der Waals surface area contributed by atoms with Crippen LogP contribution in [0.4, 0.5) is 0 Å². The maximum atomic E-state index is 11.0. The van der Waals surface area contributed by atoms with Crippen molar-refractivity contribution in [3.05, 3.63) is 34.9 Å². The van der Waals surface area contributed by atoms with Gasteiger partial charge >= 0.3 is 0 Å². The maximum absolute atomic E-state index is 11.0. The van der Waals surface area contributed by atoms with Crippen LogP contribution in [0.25, 0.3) is 0 Å². The lowest BCUT2D eigenvalue weighted by atomic mass is 9.98. The van der Waals surface area contributed by atoms with Crippen molar-refractivity contribution in [3.63, 3.8) is 0 Å². The first-order valence-electron chi connectivity index (χ1n) is 4.10. The van der Waals surface area contributed by atoms with Gasteiger partial charge in [0.05, 0.1) is 5.92 Å². The molecular weight excluding hydrogens is 207 g/mol. The number of rotatable bonds is 3. The molecule has 13 heavy (non-hydrogen) atoms. The summed E-state index contributed by atoms with van der Waals surface area (Å²) < 4.78 is 0. The van der Waals surface area contributed by atoms with E-state index in [4.69, 9.17) is 23.2 Å². The molecule has 0 fully saturated rings. The second-order valence-electron chi connectivity index (χ2n) is 2.82. The van der Waals surface area contributed by atoms with Crippen molar-refractivity contribution in [2.75, 3.05) is 0 Å². The minimum Gasteiger partial charge on any atom is -0.281 e. The van der Waals surface area contributed by atoms with Crippen LogP contribution in [0.5, 0.6) is 0 Å². The van der Waals surface area contributed by atoms with E-state index in [9.17, 15) is 4.79 Å². The van der Waals surface area contributed by atoms with Gasteiger partial charge in [-0.1, -0.05) is 30.7 Å². The van der Waals surface area contributed by atoms with Crippen LogP contribution in [0.2, 0.25) is 5.02 Å².